The van der Waals surface area contributed by atoms with Gasteiger partial charge in [0.05, 0.1) is 12.1 Å². The lowest BCUT2D eigenvalue weighted by molar-refractivity contribution is -0.148. The summed E-state index contributed by atoms with van der Waals surface area (Å²) >= 11 is 12.0. The van der Waals surface area contributed by atoms with Crippen LogP contribution >= 0.6 is 23.2 Å². The Hall–Kier alpha value is -2.50. The van der Waals surface area contributed by atoms with E-state index in [4.69, 9.17) is 32.7 Å². The summed E-state index contributed by atoms with van der Waals surface area (Å²) in [6.07, 6.45) is 1.76. The summed E-state index contributed by atoms with van der Waals surface area (Å²) < 4.78 is 10.1. The lowest BCUT2D eigenvalue weighted by Gasteiger charge is -2.13. The predicted octanol–water partition coefficient (Wildman–Crippen LogP) is 4.59. The lowest BCUT2D eigenvalue weighted by atomic mass is 10.2. The molecule has 0 heterocycles. The zero-order valence-electron chi connectivity index (χ0n) is 14.2. The third-order valence-electron chi connectivity index (χ3n) is 3.39. The van der Waals surface area contributed by atoms with Crippen molar-refractivity contribution in [3.05, 3.63) is 64.1 Å². The Morgan fingerprint density at radius 3 is 2.50 bits per heavy atom. The fourth-order valence-corrected chi connectivity index (χ4v) is 2.48. The highest BCUT2D eigenvalue weighted by Crippen LogP contribution is 2.27. The van der Waals surface area contributed by atoms with Gasteiger partial charge in [-0.2, -0.15) is 0 Å². The molecule has 0 unspecified atom stereocenters. The van der Waals surface area contributed by atoms with Gasteiger partial charge in [-0.05, 0) is 42.8 Å². The first-order valence-electron chi connectivity index (χ1n) is 7.68. The average Bonchev–Trinajstić information content (AvgIpc) is 2.61. The molecule has 136 valence electrons. The van der Waals surface area contributed by atoms with Crippen LogP contribution in [0.3, 0.4) is 0 Å². The average molecular weight is 394 g/mol. The number of rotatable bonds is 6. The molecule has 26 heavy (non-hydrogen) atoms. The highest BCUT2D eigenvalue weighted by molar-refractivity contribution is 6.32. The number of nitrogens with one attached hydrogen (secondary N) is 1. The first kappa shape index (κ1) is 19.8. The molecule has 0 aromatic heterocycles. The number of halogens is 2. The zero-order chi connectivity index (χ0) is 19.1. The van der Waals surface area contributed by atoms with Crippen LogP contribution in [0.4, 0.5) is 5.69 Å². The summed E-state index contributed by atoms with van der Waals surface area (Å²) in [5.74, 6) is -0.639. The van der Waals surface area contributed by atoms with E-state index in [2.05, 4.69) is 5.32 Å². The Labute approximate surface area is 161 Å². The number of carbonyl (C=O) groups excluding carboxylic acids is 2. The van der Waals surface area contributed by atoms with E-state index in [1.165, 1.54) is 26.2 Å². The molecule has 0 fully saturated rings. The number of carbonyl (C=O) groups is 2. The van der Waals surface area contributed by atoms with Crippen LogP contribution in [-0.2, 0) is 14.3 Å². The van der Waals surface area contributed by atoms with Crippen molar-refractivity contribution in [3.8, 4) is 5.75 Å². The molecule has 0 aliphatic heterocycles. The van der Waals surface area contributed by atoms with Crippen LogP contribution in [-0.4, -0.2) is 25.1 Å². The van der Waals surface area contributed by atoms with Crippen LogP contribution in [0.5, 0.6) is 5.75 Å². The topological polar surface area (TPSA) is 64.6 Å². The standard InChI is InChI=1S/C19H17Cl2NO4/c1-12(19(24)22-14-8-9-17(25-2)16(21)11-14)26-18(23)10-7-13-5-3-4-6-15(13)20/h3-12H,1-2H3,(H,22,24)/b10-7+/t12-/m1/s1. The molecule has 7 heteroatoms. The molecule has 0 saturated heterocycles. The molecule has 1 atom stereocenters. The van der Waals surface area contributed by atoms with Gasteiger partial charge in [-0.25, -0.2) is 4.79 Å². The number of benzene rings is 2. The maximum atomic E-state index is 12.1. The number of hydrogen-bond acceptors (Lipinski definition) is 4. The first-order chi connectivity index (χ1) is 12.4. The van der Waals surface area contributed by atoms with Gasteiger partial charge in [0.15, 0.2) is 6.10 Å². The smallest absolute Gasteiger partial charge is 0.331 e. The lowest BCUT2D eigenvalue weighted by Crippen LogP contribution is -2.29. The van der Waals surface area contributed by atoms with Crippen molar-refractivity contribution < 1.29 is 19.1 Å². The highest BCUT2D eigenvalue weighted by Gasteiger charge is 2.17. The molecule has 0 aliphatic carbocycles. The third-order valence-corrected chi connectivity index (χ3v) is 4.03. The number of esters is 1. The van der Waals surface area contributed by atoms with Gasteiger partial charge in [-0.1, -0.05) is 41.4 Å². The van der Waals surface area contributed by atoms with Crippen LogP contribution in [0.1, 0.15) is 12.5 Å². The fraction of sp³-hybridized carbons (Fsp3) is 0.158. The minimum absolute atomic E-state index is 0.359. The van der Waals surface area contributed by atoms with Gasteiger partial charge >= 0.3 is 5.97 Å². The Morgan fingerprint density at radius 2 is 1.85 bits per heavy atom. The minimum Gasteiger partial charge on any atom is -0.495 e. The molecule has 0 radical (unpaired) electrons. The van der Waals surface area contributed by atoms with Crippen molar-refractivity contribution in [3.63, 3.8) is 0 Å². The van der Waals surface area contributed by atoms with E-state index in [1.54, 1.807) is 42.5 Å². The fourth-order valence-electron chi connectivity index (χ4n) is 2.02. The molecule has 0 bridgehead atoms. The largest absolute Gasteiger partial charge is 0.495 e. The van der Waals surface area contributed by atoms with E-state index in [1.807, 2.05) is 0 Å². The van der Waals surface area contributed by atoms with Crippen molar-refractivity contribution in [2.24, 2.45) is 0 Å². The van der Waals surface area contributed by atoms with Crippen molar-refractivity contribution in [1.29, 1.82) is 0 Å². The van der Waals surface area contributed by atoms with E-state index in [9.17, 15) is 9.59 Å². The normalized spacial score (nSPS) is 11.8. The van der Waals surface area contributed by atoms with Gasteiger partial charge in [0.2, 0.25) is 0 Å². The number of hydrogen-bond donors (Lipinski definition) is 1. The molecule has 5 nitrogen and oxygen atoms in total. The van der Waals surface area contributed by atoms with Gasteiger partial charge in [-0.15, -0.1) is 0 Å². The molecule has 1 amide bonds. The van der Waals surface area contributed by atoms with Gasteiger partial charge in [0.25, 0.3) is 5.91 Å². The van der Waals surface area contributed by atoms with E-state index in [-0.39, 0.29) is 0 Å². The summed E-state index contributed by atoms with van der Waals surface area (Å²) in [6, 6.07) is 11.9. The molecule has 1 N–H and O–H groups in total. The summed E-state index contributed by atoms with van der Waals surface area (Å²) in [5.41, 5.74) is 1.14. The van der Waals surface area contributed by atoms with Gasteiger partial charge in [-0.3, -0.25) is 4.79 Å². The number of anilines is 1. The molecular weight excluding hydrogens is 377 g/mol. The van der Waals surface area contributed by atoms with Gasteiger partial charge in [0.1, 0.15) is 5.75 Å². The van der Waals surface area contributed by atoms with Crippen LogP contribution in [0.25, 0.3) is 6.08 Å². The highest BCUT2D eigenvalue weighted by atomic mass is 35.5. The number of methoxy groups -OCH3 is 1. The Bertz CT molecular complexity index is 836. The molecule has 0 saturated carbocycles. The summed E-state index contributed by atoms with van der Waals surface area (Å²) in [6.45, 7) is 1.47. The van der Waals surface area contributed by atoms with Crippen molar-refractivity contribution >= 4 is 46.8 Å². The van der Waals surface area contributed by atoms with Gasteiger partial charge < -0.3 is 14.8 Å². The van der Waals surface area contributed by atoms with Crippen LogP contribution in [0, 0.1) is 0 Å². The maximum Gasteiger partial charge on any atom is 0.331 e. The Balaban J connectivity index is 1.93. The SMILES string of the molecule is COc1ccc(NC(=O)[C@@H](C)OC(=O)/C=C/c2ccccc2Cl)cc1Cl. The van der Waals surface area contributed by atoms with E-state index in [0.717, 1.165) is 0 Å². The van der Waals surface area contributed by atoms with Gasteiger partial charge in [0, 0.05) is 16.8 Å². The second kappa shape index (κ2) is 9.27. The maximum absolute atomic E-state index is 12.1. The quantitative estimate of drug-likeness (QED) is 0.575. The first-order valence-corrected chi connectivity index (χ1v) is 8.44. The molecule has 0 aliphatic rings. The van der Waals surface area contributed by atoms with E-state index >= 15 is 0 Å². The van der Waals surface area contributed by atoms with Crippen LogP contribution in [0.2, 0.25) is 10.0 Å². The van der Waals surface area contributed by atoms with E-state index in [0.29, 0.717) is 27.0 Å². The van der Waals surface area contributed by atoms with E-state index < -0.39 is 18.0 Å². The zero-order valence-corrected chi connectivity index (χ0v) is 15.7. The summed E-state index contributed by atoms with van der Waals surface area (Å²) in [4.78, 5) is 24.0. The third kappa shape index (κ3) is 5.51. The molecule has 2 aromatic carbocycles. The number of ether oxygens (including phenoxy) is 2. The number of amides is 1. The molecular formula is C19H17Cl2NO4. The Morgan fingerprint density at radius 1 is 1.12 bits per heavy atom. The second-order valence-corrected chi connectivity index (χ2v) is 6.09. The molecule has 2 aromatic rings. The molecule has 2 rings (SSSR count). The van der Waals surface area contributed by atoms with Crippen LogP contribution < -0.4 is 10.1 Å². The monoisotopic (exact) mass is 393 g/mol. The summed E-state index contributed by atoms with van der Waals surface area (Å²) in [5, 5.41) is 3.49. The van der Waals surface area contributed by atoms with Crippen molar-refractivity contribution in [1.82, 2.24) is 0 Å². The predicted molar refractivity (Wildman–Crippen MR) is 103 cm³/mol. The minimum atomic E-state index is -0.987. The van der Waals surface area contributed by atoms with Crippen LogP contribution in [0.15, 0.2) is 48.5 Å². The Kier molecular flexibility index (Phi) is 7.06. The molecule has 0 spiro atoms. The second-order valence-electron chi connectivity index (χ2n) is 5.27. The van der Waals surface area contributed by atoms with Crippen molar-refractivity contribution in [2.75, 3.05) is 12.4 Å². The summed E-state index contributed by atoms with van der Waals surface area (Å²) in [7, 11) is 1.50. The van der Waals surface area contributed by atoms with Crippen molar-refractivity contribution in [2.45, 2.75) is 13.0 Å².